The topological polar surface area (TPSA) is 21.7 Å². The smallest absolute Gasteiger partial charge is 0.262 e. The molecule has 0 N–H and O–H groups in total. The van der Waals surface area contributed by atoms with E-state index in [0.29, 0.717) is 19.0 Å². The molecule has 0 unspecified atom stereocenters. The molecule has 1 fully saturated rings. The summed E-state index contributed by atoms with van der Waals surface area (Å²) in [6.07, 6.45) is 1.74. The second kappa shape index (κ2) is 7.47. The van der Waals surface area contributed by atoms with Crippen molar-refractivity contribution in [3.05, 3.63) is 23.8 Å². The van der Waals surface area contributed by atoms with Crippen LogP contribution in [0.2, 0.25) is 0 Å². The van der Waals surface area contributed by atoms with Gasteiger partial charge in [0, 0.05) is 12.0 Å². The van der Waals surface area contributed by atoms with E-state index in [1.807, 2.05) is 23.1 Å². The minimum absolute atomic E-state index is 0.142. The fourth-order valence-electron chi connectivity index (χ4n) is 3.04. The lowest BCUT2D eigenvalue weighted by atomic mass is 9.88. The molecule has 5 heteroatoms. The zero-order valence-electron chi connectivity index (χ0n) is 14.4. The maximum atomic E-state index is 13.9. The Labute approximate surface area is 137 Å². The van der Waals surface area contributed by atoms with Gasteiger partial charge in [0.25, 0.3) is 5.92 Å². The number of hydrogen-bond donors (Lipinski definition) is 0. The number of rotatable bonds is 6. The van der Waals surface area contributed by atoms with Crippen LogP contribution < -0.4 is 9.47 Å². The van der Waals surface area contributed by atoms with Gasteiger partial charge in [0.1, 0.15) is 11.5 Å². The van der Waals surface area contributed by atoms with E-state index >= 15 is 0 Å². The molecule has 23 heavy (non-hydrogen) atoms. The SMILES string of the molecule is COc1ccc(C2CCN(CC(F)(F)C(C)C)CC2)c(OC)c1. The van der Waals surface area contributed by atoms with Crippen molar-refractivity contribution in [1.82, 2.24) is 4.90 Å². The number of halogens is 2. The highest BCUT2D eigenvalue weighted by Crippen LogP contribution is 2.37. The molecular weight excluding hydrogens is 300 g/mol. The number of piperidine rings is 1. The Morgan fingerprint density at radius 3 is 2.35 bits per heavy atom. The monoisotopic (exact) mass is 327 g/mol. The fraction of sp³-hybridized carbons (Fsp3) is 0.667. The third kappa shape index (κ3) is 4.34. The quantitative estimate of drug-likeness (QED) is 0.782. The van der Waals surface area contributed by atoms with Gasteiger partial charge < -0.3 is 9.47 Å². The molecule has 1 saturated heterocycles. The summed E-state index contributed by atoms with van der Waals surface area (Å²) in [5.74, 6) is -1.32. The van der Waals surface area contributed by atoms with Gasteiger partial charge in [-0.05, 0) is 43.5 Å². The van der Waals surface area contributed by atoms with Crippen LogP contribution in [0.4, 0.5) is 8.78 Å². The molecule has 3 nitrogen and oxygen atoms in total. The molecule has 1 aromatic carbocycles. The van der Waals surface area contributed by atoms with Crippen LogP contribution in [0.1, 0.15) is 38.2 Å². The van der Waals surface area contributed by atoms with Gasteiger partial charge in [-0.2, -0.15) is 0 Å². The van der Waals surface area contributed by atoms with Crippen LogP contribution in [0.5, 0.6) is 11.5 Å². The Morgan fingerprint density at radius 2 is 1.83 bits per heavy atom. The lowest BCUT2D eigenvalue weighted by molar-refractivity contribution is -0.0742. The summed E-state index contributed by atoms with van der Waals surface area (Å²) in [6, 6.07) is 5.84. The van der Waals surface area contributed by atoms with E-state index in [-0.39, 0.29) is 6.54 Å². The number of hydrogen-bond acceptors (Lipinski definition) is 3. The summed E-state index contributed by atoms with van der Waals surface area (Å²) >= 11 is 0. The number of likely N-dealkylation sites (tertiary alicyclic amines) is 1. The average molecular weight is 327 g/mol. The summed E-state index contributed by atoms with van der Waals surface area (Å²) in [6.45, 7) is 4.41. The van der Waals surface area contributed by atoms with E-state index < -0.39 is 11.8 Å². The molecule has 2 rings (SSSR count). The van der Waals surface area contributed by atoms with E-state index in [2.05, 4.69) is 0 Å². The van der Waals surface area contributed by atoms with E-state index in [4.69, 9.17) is 9.47 Å². The van der Waals surface area contributed by atoms with Gasteiger partial charge in [-0.1, -0.05) is 19.9 Å². The molecule has 1 aromatic rings. The third-order valence-electron chi connectivity index (χ3n) is 4.75. The Kier molecular flexibility index (Phi) is 5.84. The van der Waals surface area contributed by atoms with E-state index in [9.17, 15) is 8.78 Å². The molecule has 0 atom stereocenters. The maximum Gasteiger partial charge on any atom is 0.262 e. The third-order valence-corrected chi connectivity index (χ3v) is 4.75. The Bertz CT molecular complexity index is 512. The molecule has 0 aliphatic carbocycles. The summed E-state index contributed by atoms with van der Waals surface area (Å²) in [5, 5.41) is 0. The first-order valence-electron chi connectivity index (χ1n) is 8.19. The highest BCUT2D eigenvalue weighted by Gasteiger charge is 2.36. The lowest BCUT2D eigenvalue weighted by Crippen LogP contribution is -2.43. The summed E-state index contributed by atoms with van der Waals surface area (Å²) < 4.78 is 38.4. The fourth-order valence-corrected chi connectivity index (χ4v) is 3.04. The highest BCUT2D eigenvalue weighted by molar-refractivity contribution is 5.43. The maximum absolute atomic E-state index is 13.9. The van der Waals surface area contributed by atoms with Crippen molar-refractivity contribution in [2.45, 2.75) is 38.5 Å². The summed E-state index contributed by atoms with van der Waals surface area (Å²) in [4.78, 5) is 1.88. The predicted octanol–water partition coefficient (Wildman–Crippen LogP) is 4.17. The second-order valence-corrected chi connectivity index (χ2v) is 6.57. The van der Waals surface area contributed by atoms with Gasteiger partial charge >= 0.3 is 0 Å². The standard InChI is InChI=1S/C18H27F2NO2/c1-13(2)18(19,20)12-21-9-7-14(8-10-21)16-6-5-15(22-3)11-17(16)23-4/h5-6,11,13-14H,7-10,12H2,1-4H3. The summed E-state index contributed by atoms with van der Waals surface area (Å²) in [7, 11) is 3.28. The van der Waals surface area contributed by atoms with Gasteiger partial charge in [0.05, 0.1) is 20.8 Å². The predicted molar refractivity (Wildman–Crippen MR) is 87.7 cm³/mol. The van der Waals surface area contributed by atoms with Crippen molar-refractivity contribution in [2.75, 3.05) is 33.9 Å². The first-order valence-corrected chi connectivity index (χ1v) is 8.19. The van der Waals surface area contributed by atoms with Crippen LogP contribution in [0.25, 0.3) is 0 Å². The first kappa shape index (κ1) is 18.0. The van der Waals surface area contributed by atoms with Crippen molar-refractivity contribution >= 4 is 0 Å². The molecule has 130 valence electrons. The largest absolute Gasteiger partial charge is 0.497 e. The normalized spacial score (nSPS) is 17.5. The van der Waals surface area contributed by atoms with Crippen LogP contribution in [-0.2, 0) is 0 Å². The van der Waals surface area contributed by atoms with E-state index in [0.717, 1.165) is 29.9 Å². The second-order valence-electron chi connectivity index (χ2n) is 6.57. The van der Waals surface area contributed by atoms with Crippen molar-refractivity contribution < 1.29 is 18.3 Å². The van der Waals surface area contributed by atoms with Crippen LogP contribution in [0.3, 0.4) is 0 Å². The Hall–Kier alpha value is -1.36. The van der Waals surface area contributed by atoms with Crippen LogP contribution in [0, 0.1) is 5.92 Å². The molecule has 1 aliphatic heterocycles. The molecule has 0 aromatic heterocycles. The number of alkyl halides is 2. The Balaban J connectivity index is 1.99. The van der Waals surface area contributed by atoms with Gasteiger partial charge in [-0.3, -0.25) is 4.90 Å². The van der Waals surface area contributed by atoms with Crippen LogP contribution >= 0.6 is 0 Å². The van der Waals surface area contributed by atoms with E-state index in [1.54, 1.807) is 28.1 Å². The molecule has 0 amide bonds. The lowest BCUT2D eigenvalue weighted by Gasteiger charge is -2.35. The number of benzene rings is 1. The van der Waals surface area contributed by atoms with Crippen LogP contribution in [-0.4, -0.2) is 44.7 Å². The molecule has 0 radical (unpaired) electrons. The molecule has 0 spiro atoms. The number of nitrogens with zero attached hydrogens (tertiary/aromatic N) is 1. The zero-order valence-corrected chi connectivity index (χ0v) is 14.4. The zero-order chi connectivity index (χ0) is 17.0. The van der Waals surface area contributed by atoms with Gasteiger partial charge in [0.15, 0.2) is 0 Å². The van der Waals surface area contributed by atoms with Gasteiger partial charge in [-0.15, -0.1) is 0 Å². The van der Waals surface area contributed by atoms with Crippen molar-refractivity contribution in [2.24, 2.45) is 5.92 Å². The molecule has 1 heterocycles. The average Bonchev–Trinajstić information content (AvgIpc) is 2.54. The first-order chi connectivity index (χ1) is 10.9. The highest BCUT2D eigenvalue weighted by atomic mass is 19.3. The minimum atomic E-state index is -2.62. The Morgan fingerprint density at radius 1 is 1.17 bits per heavy atom. The van der Waals surface area contributed by atoms with Crippen molar-refractivity contribution in [1.29, 1.82) is 0 Å². The number of ether oxygens (including phenoxy) is 2. The number of methoxy groups -OCH3 is 2. The van der Waals surface area contributed by atoms with Crippen LogP contribution in [0.15, 0.2) is 18.2 Å². The molecule has 1 aliphatic rings. The summed E-state index contributed by atoms with van der Waals surface area (Å²) in [5.41, 5.74) is 1.14. The van der Waals surface area contributed by atoms with Gasteiger partial charge in [-0.25, -0.2) is 8.78 Å². The molecule has 0 bridgehead atoms. The molecular formula is C18H27F2NO2. The minimum Gasteiger partial charge on any atom is -0.497 e. The molecule has 0 saturated carbocycles. The van der Waals surface area contributed by atoms with Gasteiger partial charge in [0.2, 0.25) is 0 Å². The van der Waals surface area contributed by atoms with Crippen molar-refractivity contribution in [3.63, 3.8) is 0 Å². The van der Waals surface area contributed by atoms with E-state index in [1.165, 1.54) is 0 Å². The van der Waals surface area contributed by atoms with Crippen molar-refractivity contribution in [3.8, 4) is 11.5 Å².